The lowest BCUT2D eigenvalue weighted by Gasteiger charge is -2.41. The maximum Gasteiger partial charge on any atom is 0.257 e. The maximum atomic E-state index is 12.5. The van der Waals surface area contributed by atoms with Gasteiger partial charge in [0.2, 0.25) is 0 Å². The minimum atomic E-state index is -0.354. The first-order valence-electron chi connectivity index (χ1n) is 6.55. The molecule has 2 rings (SSSR count). The van der Waals surface area contributed by atoms with E-state index in [9.17, 15) is 9.90 Å². The number of benzene rings is 1. The Morgan fingerprint density at radius 2 is 2.16 bits per heavy atom. The van der Waals surface area contributed by atoms with Crippen LogP contribution in [0.1, 0.15) is 36.7 Å². The molecule has 1 aliphatic heterocycles. The Balaban J connectivity index is 2.24. The molecule has 1 N–H and O–H groups in total. The number of ether oxygens (including phenoxy) is 1. The fourth-order valence-corrected chi connectivity index (χ4v) is 2.60. The van der Waals surface area contributed by atoms with Crippen LogP contribution in [0.5, 0.6) is 5.75 Å². The van der Waals surface area contributed by atoms with Crippen LogP contribution in [0.25, 0.3) is 0 Å². The van der Waals surface area contributed by atoms with Gasteiger partial charge in [-0.25, -0.2) is 0 Å². The van der Waals surface area contributed by atoms with E-state index in [0.29, 0.717) is 18.7 Å². The lowest BCUT2D eigenvalue weighted by atomic mass is 10.0. The van der Waals surface area contributed by atoms with Crippen LogP contribution < -0.4 is 0 Å². The first kappa shape index (κ1) is 13.9. The van der Waals surface area contributed by atoms with E-state index in [-0.39, 0.29) is 23.4 Å². The standard InChI is InChI=1S/C15H21NO3/c1-10-5-6-12(13(17)7-10)14(18)16-8-11(2)19-15(3,4)9-16/h5-7,11,17H,8-9H2,1-4H3. The number of aryl methyl sites for hydroxylation is 1. The summed E-state index contributed by atoms with van der Waals surface area (Å²) in [5.41, 5.74) is 0.938. The zero-order valence-corrected chi connectivity index (χ0v) is 11.9. The molecule has 0 bridgehead atoms. The topological polar surface area (TPSA) is 49.8 Å². The lowest BCUT2D eigenvalue weighted by molar-refractivity contribution is -0.118. The average Bonchev–Trinajstić information content (AvgIpc) is 2.25. The highest BCUT2D eigenvalue weighted by Crippen LogP contribution is 2.25. The summed E-state index contributed by atoms with van der Waals surface area (Å²) in [5, 5.41) is 9.91. The van der Waals surface area contributed by atoms with Gasteiger partial charge in [-0.15, -0.1) is 0 Å². The number of rotatable bonds is 1. The summed E-state index contributed by atoms with van der Waals surface area (Å²) in [4.78, 5) is 14.2. The van der Waals surface area contributed by atoms with Crippen molar-refractivity contribution in [2.45, 2.75) is 39.4 Å². The fourth-order valence-electron chi connectivity index (χ4n) is 2.60. The average molecular weight is 263 g/mol. The molecule has 1 amide bonds. The first-order chi connectivity index (χ1) is 8.78. The molecule has 4 heteroatoms. The number of phenolic OH excluding ortho intramolecular Hbond substituents is 1. The van der Waals surface area contributed by atoms with Crippen LogP contribution in [0.15, 0.2) is 18.2 Å². The van der Waals surface area contributed by atoms with Gasteiger partial charge in [-0.1, -0.05) is 6.07 Å². The molecule has 1 aromatic rings. The molecule has 0 aliphatic carbocycles. The quantitative estimate of drug-likeness (QED) is 0.846. The summed E-state index contributed by atoms with van der Waals surface area (Å²) < 4.78 is 5.78. The third-order valence-corrected chi connectivity index (χ3v) is 3.24. The molecular formula is C15H21NO3. The highest BCUT2D eigenvalue weighted by atomic mass is 16.5. The number of carbonyl (C=O) groups is 1. The number of amides is 1. The van der Waals surface area contributed by atoms with Crippen molar-refractivity contribution in [2.24, 2.45) is 0 Å². The first-order valence-corrected chi connectivity index (χ1v) is 6.55. The number of morpholine rings is 1. The van der Waals surface area contributed by atoms with E-state index in [1.54, 1.807) is 17.0 Å². The van der Waals surface area contributed by atoms with Crippen molar-refractivity contribution in [3.8, 4) is 5.75 Å². The van der Waals surface area contributed by atoms with E-state index >= 15 is 0 Å². The van der Waals surface area contributed by atoms with Crippen LogP contribution in [0.3, 0.4) is 0 Å². The molecule has 0 radical (unpaired) electrons. The van der Waals surface area contributed by atoms with Crippen molar-refractivity contribution in [3.63, 3.8) is 0 Å². The van der Waals surface area contributed by atoms with Gasteiger partial charge >= 0.3 is 0 Å². The van der Waals surface area contributed by atoms with Crippen molar-refractivity contribution < 1.29 is 14.6 Å². The van der Waals surface area contributed by atoms with Gasteiger partial charge in [0, 0.05) is 13.1 Å². The summed E-state index contributed by atoms with van der Waals surface area (Å²) in [7, 11) is 0. The monoisotopic (exact) mass is 263 g/mol. The SMILES string of the molecule is Cc1ccc(C(=O)N2CC(C)OC(C)(C)C2)c(O)c1. The maximum absolute atomic E-state index is 12.5. The van der Waals surface area contributed by atoms with Crippen LogP contribution in [-0.2, 0) is 4.74 Å². The van der Waals surface area contributed by atoms with E-state index in [1.165, 1.54) is 0 Å². The van der Waals surface area contributed by atoms with Crippen LogP contribution >= 0.6 is 0 Å². The third-order valence-electron chi connectivity index (χ3n) is 3.24. The van der Waals surface area contributed by atoms with Gasteiger partial charge in [0.05, 0.1) is 17.3 Å². The summed E-state index contributed by atoms with van der Waals surface area (Å²) >= 11 is 0. The van der Waals surface area contributed by atoms with Gasteiger partial charge in [0.15, 0.2) is 0 Å². The molecule has 0 spiro atoms. The van der Waals surface area contributed by atoms with E-state index in [0.717, 1.165) is 5.56 Å². The highest BCUT2D eigenvalue weighted by Gasteiger charge is 2.34. The fraction of sp³-hybridized carbons (Fsp3) is 0.533. The Bertz CT molecular complexity index is 496. The molecule has 1 fully saturated rings. The molecule has 1 atom stereocenters. The molecule has 1 heterocycles. The highest BCUT2D eigenvalue weighted by molar-refractivity contribution is 5.97. The lowest BCUT2D eigenvalue weighted by Crippen LogP contribution is -2.53. The van der Waals surface area contributed by atoms with Gasteiger partial charge in [-0.05, 0) is 45.4 Å². The largest absolute Gasteiger partial charge is 0.507 e. The molecular weight excluding hydrogens is 242 g/mol. The molecule has 104 valence electrons. The molecule has 1 unspecified atom stereocenters. The predicted molar refractivity (Wildman–Crippen MR) is 73.4 cm³/mol. The van der Waals surface area contributed by atoms with Crippen molar-refractivity contribution >= 4 is 5.91 Å². The van der Waals surface area contributed by atoms with Crippen LogP contribution in [0.2, 0.25) is 0 Å². The van der Waals surface area contributed by atoms with Gasteiger partial charge in [-0.2, -0.15) is 0 Å². The Labute approximate surface area is 114 Å². The van der Waals surface area contributed by atoms with Crippen molar-refractivity contribution in [2.75, 3.05) is 13.1 Å². The Morgan fingerprint density at radius 3 is 2.74 bits per heavy atom. The molecule has 1 aliphatic rings. The second-order valence-corrected chi connectivity index (χ2v) is 5.89. The summed E-state index contributed by atoms with van der Waals surface area (Å²) in [6.45, 7) is 8.86. The predicted octanol–water partition coefficient (Wildman–Crippen LogP) is 2.34. The minimum absolute atomic E-state index is 0.000270. The van der Waals surface area contributed by atoms with Crippen molar-refractivity contribution in [1.29, 1.82) is 0 Å². The second-order valence-electron chi connectivity index (χ2n) is 5.89. The van der Waals surface area contributed by atoms with Gasteiger partial charge < -0.3 is 14.7 Å². The van der Waals surface area contributed by atoms with Crippen LogP contribution in [0, 0.1) is 6.92 Å². The number of carbonyl (C=O) groups excluding carboxylic acids is 1. The molecule has 1 saturated heterocycles. The summed E-state index contributed by atoms with van der Waals surface area (Å²) in [5.74, 6) is -0.0947. The molecule has 0 aromatic heterocycles. The van der Waals surface area contributed by atoms with E-state index in [4.69, 9.17) is 4.74 Å². The molecule has 19 heavy (non-hydrogen) atoms. The molecule has 0 saturated carbocycles. The molecule has 1 aromatic carbocycles. The van der Waals surface area contributed by atoms with Gasteiger partial charge in [0.25, 0.3) is 5.91 Å². The number of aromatic hydroxyl groups is 1. The summed E-state index contributed by atoms with van der Waals surface area (Å²) in [6.07, 6.45) is 0.000270. The minimum Gasteiger partial charge on any atom is -0.507 e. The molecule has 4 nitrogen and oxygen atoms in total. The van der Waals surface area contributed by atoms with Crippen LogP contribution in [0.4, 0.5) is 0 Å². The Hall–Kier alpha value is -1.55. The second kappa shape index (κ2) is 4.85. The number of phenols is 1. The van der Waals surface area contributed by atoms with Crippen LogP contribution in [-0.4, -0.2) is 40.7 Å². The Morgan fingerprint density at radius 1 is 1.47 bits per heavy atom. The van der Waals surface area contributed by atoms with E-state index < -0.39 is 0 Å². The van der Waals surface area contributed by atoms with E-state index in [2.05, 4.69) is 0 Å². The Kier molecular flexibility index (Phi) is 3.54. The normalized spacial score (nSPS) is 22.3. The number of hydrogen-bond acceptors (Lipinski definition) is 3. The number of nitrogens with zero attached hydrogens (tertiary/aromatic N) is 1. The summed E-state index contributed by atoms with van der Waals surface area (Å²) in [6, 6.07) is 5.13. The van der Waals surface area contributed by atoms with Crippen molar-refractivity contribution in [1.82, 2.24) is 4.90 Å². The van der Waals surface area contributed by atoms with Gasteiger partial charge in [-0.3, -0.25) is 4.79 Å². The number of hydrogen-bond donors (Lipinski definition) is 1. The smallest absolute Gasteiger partial charge is 0.257 e. The van der Waals surface area contributed by atoms with Gasteiger partial charge in [0.1, 0.15) is 5.75 Å². The third kappa shape index (κ3) is 3.07. The van der Waals surface area contributed by atoms with E-state index in [1.807, 2.05) is 33.8 Å². The zero-order valence-electron chi connectivity index (χ0n) is 11.9. The zero-order chi connectivity index (χ0) is 14.2. The van der Waals surface area contributed by atoms with Crippen molar-refractivity contribution in [3.05, 3.63) is 29.3 Å².